The summed E-state index contributed by atoms with van der Waals surface area (Å²) >= 11 is 0. The number of hydrogen-bond donors (Lipinski definition) is 1. The van der Waals surface area contributed by atoms with Gasteiger partial charge in [-0.25, -0.2) is 4.68 Å². The van der Waals surface area contributed by atoms with Gasteiger partial charge in [0.15, 0.2) is 0 Å². The van der Waals surface area contributed by atoms with E-state index in [1.54, 1.807) is 0 Å². The van der Waals surface area contributed by atoms with Gasteiger partial charge in [-0.15, -0.1) is 5.10 Å². The second kappa shape index (κ2) is 6.50. The summed E-state index contributed by atoms with van der Waals surface area (Å²) in [5.74, 6) is 0.722. The monoisotopic (exact) mass is 246 g/mol. The fourth-order valence-electron chi connectivity index (χ4n) is 2.11. The van der Waals surface area contributed by atoms with Gasteiger partial charge in [-0.1, -0.05) is 44.0 Å². The smallest absolute Gasteiger partial charge is 0.113 e. The van der Waals surface area contributed by atoms with E-state index in [1.165, 1.54) is 19.3 Å². The van der Waals surface area contributed by atoms with Crippen molar-refractivity contribution >= 4 is 11.0 Å². The number of nitrogens with one attached hydrogen (secondary N) is 1. The first-order valence-electron chi connectivity index (χ1n) is 6.80. The molecular weight excluding hydrogens is 224 g/mol. The third-order valence-electron chi connectivity index (χ3n) is 3.23. The summed E-state index contributed by atoms with van der Waals surface area (Å²) in [4.78, 5) is 0. The first-order valence-corrected chi connectivity index (χ1v) is 6.80. The van der Waals surface area contributed by atoms with E-state index in [9.17, 15) is 0 Å². The van der Waals surface area contributed by atoms with E-state index in [-0.39, 0.29) is 0 Å². The number of hydrogen-bond acceptors (Lipinski definition) is 3. The predicted molar refractivity (Wildman–Crippen MR) is 74.2 cm³/mol. The zero-order valence-corrected chi connectivity index (χ0v) is 11.3. The van der Waals surface area contributed by atoms with Gasteiger partial charge in [0, 0.05) is 0 Å². The molecule has 0 saturated carbocycles. The van der Waals surface area contributed by atoms with Crippen molar-refractivity contribution in [3.05, 3.63) is 24.3 Å². The van der Waals surface area contributed by atoms with Gasteiger partial charge in [0.2, 0.25) is 0 Å². The summed E-state index contributed by atoms with van der Waals surface area (Å²) in [5.41, 5.74) is 2.05. The molecule has 1 atom stereocenters. The fourth-order valence-corrected chi connectivity index (χ4v) is 2.11. The van der Waals surface area contributed by atoms with E-state index in [1.807, 2.05) is 22.9 Å². The number of fused-ring (bicyclic) bond motifs is 1. The molecule has 1 unspecified atom stereocenters. The van der Waals surface area contributed by atoms with Crippen LogP contribution in [0.5, 0.6) is 0 Å². The number of unbranched alkanes of at least 4 members (excludes halogenated alkanes) is 1. The van der Waals surface area contributed by atoms with E-state index in [0.717, 1.165) is 30.2 Å². The van der Waals surface area contributed by atoms with Crippen molar-refractivity contribution in [3.8, 4) is 0 Å². The topological polar surface area (TPSA) is 42.7 Å². The normalized spacial score (nSPS) is 13.0. The summed E-state index contributed by atoms with van der Waals surface area (Å²) in [7, 11) is 0. The first kappa shape index (κ1) is 13.0. The average Bonchev–Trinajstić information content (AvgIpc) is 2.80. The molecule has 98 valence electrons. The van der Waals surface area contributed by atoms with Crippen LogP contribution in [0.25, 0.3) is 11.0 Å². The number of para-hydroxylation sites is 1. The second-order valence-electron chi connectivity index (χ2n) is 4.94. The van der Waals surface area contributed by atoms with Crippen LogP contribution >= 0.6 is 0 Å². The van der Waals surface area contributed by atoms with Gasteiger partial charge in [-0.2, -0.15) is 0 Å². The minimum Gasteiger partial charge on any atom is -0.298 e. The zero-order valence-electron chi connectivity index (χ0n) is 11.3. The molecule has 4 nitrogen and oxygen atoms in total. The maximum atomic E-state index is 4.16. The Morgan fingerprint density at radius 3 is 3.00 bits per heavy atom. The SMILES string of the molecule is CCCCC(C)CNCn1nnc2ccccc21. The maximum Gasteiger partial charge on any atom is 0.113 e. The summed E-state index contributed by atoms with van der Waals surface area (Å²) < 4.78 is 1.92. The Morgan fingerprint density at radius 1 is 1.33 bits per heavy atom. The van der Waals surface area contributed by atoms with Crippen LogP contribution in [0.15, 0.2) is 24.3 Å². The highest BCUT2D eigenvalue weighted by molar-refractivity contribution is 5.73. The minimum atomic E-state index is 0.722. The molecule has 4 heteroatoms. The van der Waals surface area contributed by atoms with E-state index >= 15 is 0 Å². The first-order chi connectivity index (χ1) is 8.81. The summed E-state index contributed by atoms with van der Waals surface area (Å²) in [6, 6.07) is 8.05. The van der Waals surface area contributed by atoms with Crippen molar-refractivity contribution in [2.75, 3.05) is 6.54 Å². The van der Waals surface area contributed by atoms with Gasteiger partial charge in [0.25, 0.3) is 0 Å². The molecule has 0 bridgehead atoms. The molecule has 1 aromatic heterocycles. The Morgan fingerprint density at radius 2 is 2.17 bits per heavy atom. The van der Waals surface area contributed by atoms with E-state index in [0.29, 0.717) is 0 Å². The Labute approximate surface area is 108 Å². The molecule has 0 radical (unpaired) electrons. The van der Waals surface area contributed by atoms with Crippen LogP contribution in [0.2, 0.25) is 0 Å². The largest absolute Gasteiger partial charge is 0.298 e. The van der Waals surface area contributed by atoms with Gasteiger partial charge in [-0.3, -0.25) is 5.32 Å². The summed E-state index contributed by atoms with van der Waals surface area (Å²) in [5, 5.41) is 11.7. The molecule has 1 N–H and O–H groups in total. The zero-order chi connectivity index (χ0) is 12.8. The van der Waals surface area contributed by atoms with Gasteiger partial charge < -0.3 is 0 Å². The number of rotatable bonds is 7. The Balaban J connectivity index is 1.83. The molecule has 0 fully saturated rings. The molecule has 1 heterocycles. The highest BCUT2D eigenvalue weighted by Crippen LogP contribution is 2.09. The Kier molecular flexibility index (Phi) is 4.70. The van der Waals surface area contributed by atoms with E-state index < -0.39 is 0 Å². The standard InChI is InChI=1S/C14H22N4/c1-3-4-7-12(2)10-15-11-18-14-9-6-5-8-13(14)16-17-18/h5-6,8-9,12,15H,3-4,7,10-11H2,1-2H3. The third-order valence-corrected chi connectivity index (χ3v) is 3.23. The molecule has 0 aliphatic heterocycles. The molecule has 0 spiro atoms. The van der Waals surface area contributed by atoms with Crippen LogP contribution in [0, 0.1) is 5.92 Å². The lowest BCUT2D eigenvalue weighted by Crippen LogP contribution is -2.24. The molecule has 2 aromatic rings. The van der Waals surface area contributed by atoms with Crippen molar-refractivity contribution in [2.45, 2.75) is 39.8 Å². The second-order valence-corrected chi connectivity index (χ2v) is 4.94. The van der Waals surface area contributed by atoms with Crippen LogP contribution in [0.4, 0.5) is 0 Å². The molecule has 18 heavy (non-hydrogen) atoms. The van der Waals surface area contributed by atoms with Crippen molar-refractivity contribution in [3.63, 3.8) is 0 Å². The Hall–Kier alpha value is -1.42. The average molecular weight is 246 g/mol. The van der Waals surface area contributed by atoms with Gasteiger partial charge in [0.1, 0.15) is 5.52 Å². The lowest BCUT2D eigenvalue weighted by atomic mass is 10.1. The van der Waals surface area contributed by atoms with E-state index in [4.69, 9.17) is 0 Å². The molecule has 0 amide bonds. The highest BCUT2D eigenvalue weighted by Gasteiger charge is 2.04. The molecule has 1 aromatic carbocycles. The van der Waals surface area contributed by atoms with Crippen LogP contribution < -0.4 is 5.32 Å². The summed E-state index contributed by atoms with van der Waals surface area (Å²) in [6.07, 6.45) is 3.88. The van der Waals surface area contributed by atoms with Gasteiger partial charge >= 0.3 is 0 Å². The number of benzene rings is 1. The molecule has 0 aliphatic carbocycles. The van der Waals surface area contributed by atoms with Crippen molar-refractivity contribution in [2.24, 2.45) is 5.92 Å². The van der Waals surface area contributed by atoms with Crippen LogP contribution in [-0.4, -0.2) is 21.5 Å². The molecule has 2 rings (SSSR count). The number of aromatic nitrogens is 3. The van der Waals surface area contributed by atoms with Crippen LogP contribution in [-0.2, 0) is 6.67 Å². The van der Waals surface area contributed by atoms with Crippen LogP contribution in [0.3, 0.4) is 0 Å². The highest BCUT2D eigenvalue weighted by atomic mass is 15.4. The molecule has 0 aliphatic rings. The van der Waals surface area contributed by atoms with E-state index in [2.05, 4.69) is 35.5 Å². The van der Waals surface area contributed by atoms with Crippen molar-refractivity contribution in [1.82, 2.24) is 20.3 Å². The van der Waals surface area contributed by atoms with Crippen molar-refractivity contribution in [1.29, 1.82) is 0 Å². The maximum absolute atomic E-state index is 4.16. The number of nitrogens with zero attached hydrogens (tertiary/aromatic N) is 3. The van der Waals surface area contributed by atoms with Gasteiger partial charge in [-0.05, 0) is 31.0 Å². The lowest BCUT2D eigenvalue weighted by Gasteiger charge is -2.12. The van der Waals surface area contributed by atoms with Crippen molar-refractivity contribution < 1.29 is 0 Å². The fraction of sp³-hybridized carbons (Fsp3) is 0.571. The van der Waals surface area contributed by atoms with Crippen LogP contribution in [0.1, 0.15) is 33.1 Å². The molecule has 0 saturated heterocycles. The minimum absolute atomic E-state index is 0.722. The Bertz CT molecular complexity index is 477. The quantitative estimate of drug-likeness (QED) is 0.817. The molecular formula is C14H22N4. The lowest BCUT2D eigenvalue weighted by molar-refractivity contribution is 0.422. The predicted octanol–water partition coefficient (Wildman–Crippen LogP) is 2.80. The van der Waals surface area contributed by atoms with Gasteiger partial charge in [0.05, 0.1) is 12.2 Å². The summed E-state index contributed by atoms with van der Waals surface area (Å²) in [6.45, 7) is 6.30. The third kappa shape index (κ3) is 3.29.